The number of anilines is 1. The standard InChI is InChI=1S/C38H36F3N3O6/c1-5-24-17-18-42-34-27(24)14-15-29(34)37(48)50-21-49-32(45)20-23-9-16-31(30(19-23)36(47)44(3)4)43-35(46)28-8-6-7-22(2)33(28)25-10-12-26(13-11-25)38(39,40)41/h6-13,16-19,29H,5,14-15,20-21H2,1-4H3,(H,43,46). The maximum atomic E-state index is 13.6. The zero-order valence-corrected chi connectivity index (χ0v) is 28.0. The third-order valence-corrected chi connectivity index (χ3v) is 8.62. The van der Waals surface area contributed by atoms with Crippen molar-refractivity contribution in [1.82, 2.24) is 9.88 Å². The smallest absolute Gasteiger partial charge is 0.416 e. The molecule has 3 aromatic carbocycles. The van der Waals surface area contributed by atoms with Crippen LogP contribution in [-0.4, -0.2) is 54.5 Å². The first-order valence-electron chi connectivity index (χ1n) is 16.0. The molecular weight excluding hydrogens is 651 g/mol. The number of pyridine rings is 1. The highest BCUT2D eigenvalue weighted by atomic mass is 19.4. The van der Waals surface area contributed by atoms with Crippen molar-refractivity contribution in [2.45, 2.75) is 51.6 Å². The minimum atomic E-state index is -4.50. The van der Waals surface area contributed by atoms with Crippen LogP contribution in [0.25, 0.3) is 11.1 Å². The summed E-state index contributed by atoms with van der Waals surface area (Å²) >= 11 is 0. The van der Waals surface area contributed by atoms with Crippen molar-refractivity contribution < 1.29 is 41.8 Å². The molecule has 0 saturated carbocycles. The van der Waals surface area contributed by atoms with Crippen molar-refractivity contribution in [3.05, 3.63) is 118 Å². The van der Waals surface area contributed by atoms with Gasteiger partial charge in [0, 0.05) is 25.9 Å². The van der Waals surface area contributed by atoms with Crippen LogP contribution in [-0.2, 0) is 44.5 Å². The van der Waals surface area contributed by atoms with Gasteiger partial charge in [-0.2, -0.15) is 13.2 Å². The lowest BCUT2D eigenvalue weighted by atomic mass is 9.93. The lowest BCUT2D eigenvalue weighted by molar-refractivity contribution is -0.167. The van der Waals surface area contributed by atoms with Crippen molar-refractivity contribution in [2.24, 2.45) is 0 Å². The molecule has 5 rings (SSSR count). The summed E-state index contributed by atoms with van der Waals surface area (Å²) < 4.78 is 49.9. The average molecular weight is 688 g/mol. The zero-order chi connectivity index (χ0) is 36.2. The fourth-order valence-electron chi connectivity index (χ4n) is 6.08. The molecule has 1 aliphatic carbocycles. The van der Waals surface area contributed by atoms with Crippen LogP contribution in [0.15, 0.2) is 72.9 Å². The first-order valence-corrected chi connectivity index (χ1v) is 16.0. The molecule has 1 aromatic heterocycles. The summed E-state index contributed by atoms with van der Waals surface area (Å²) in [7, 11) is 3.07. The van der Waals surface area contributed by atoms with E-state index in [1.165, 1.54) is 43.3 Å². The molecule has 12 heteroatoms. The van der Waals surface area contributed by atoms with E-state index in [0.717, 1.165) is 36.1 Å². The van der Waals surface area contributed by atoms with Gasteiger partial charge in [0.25, 0.3) is 11.8 Å². The second-order valence-corrected chi connectivity index (χ2v) is 12.2. The molecule has 0 aliphatic heterocycles. The largest absolute Gasteiger partial charge is 0.428 e. The third kappa shape index (κ3) is 7.85. The minimum Gasteiger partial charge on any atom is -0.428 e. The predicted molar refractivity (Wildman–Crippen MR) is 179 cm³/mol. The fraction of sp³-hybridized carbons (Fsp3) is 0.289. The molecule has 0 spiro atoms. The molecule has 9 nitrogen and oxygen atoms in total. The summed E-state index contributed by atoms with van der Waals surface area (Å²) in [6, 6.07) is 15.9. The molecule has 1 heterocycles. The Morgan fingerprint density at radius 3 is 2.38 bits per heavy atom. The molecule has 260 valence electrons. The number of hydrogen-bond donors (Lipinski definition) is 1. The van der Waals surface area contributed by atoms with E-state index in [9.17, 15) is 32.3 Å². The first kappa shape index (κ1) is 35.8. The Bertz CT molecular complexity index is 1940. The number of rotatable bonds is 10. The molecule has 0 saturated heterocycles. The fourth-order valence-corrected chi connectivity index (χ4v) is 6.08. The molecule has 0 bridgehead atoms. The Labute approximate surface area is 287 Å². The maximum Gasteiger partial charge on any atom is 0.416 e. The SMILES string of the molecule is CCc1ccnc2c1CCC2C(=O)OCOC(=O)Cc1ccc(NC(=O)c2cccc(C)c2-c2ccc(C(F)(F)F)cc2)c(C(=O)N(C)C)c1. The highest BCUT2D eigenvalue weighted by molar-refractivity contribution is 6.12. The van der Waals surface area contributed by atoms with Crippen molar-refractivity contribution >= 4 is 29.4 Å². The molecule has 0 fully saturated rings. The number of aromatic nitrogens is 1. The van der Waals surface area contributed by atoms with E-state index in [-0.39, 0.29) is 23.2 Å². The van der Waals surface area contributed by atoms with E-state index < -0.39 is 48.2 Å². The average Bonchev–Trinajstić information content (AvgIpc) is 3.53. The Balaban J connectivity index is 1.27. The van der Waals surface area contributed by atoms with Gasteiger partial charge < -0.3 is 19.7 Å². The van der Waals surface area contributed by atoms with Crippen LogP contribution in [0.2, 0.25) is 0 Å². The molecule has 4 aromatic rings. The first-order chi connectivity index (χ1) is 23.8. The van der Waals surface area contributed by atoms with E-state index in [2.05, 4.69) is 10.3 Å². The maximum absolute atomic E-state index is 13.6. The number of fused-ring (bicyclic) bond motifs is 1. The van der Waals surface area contributed by atoms with Gasteiger partial charge in [-0.25, -0.2) is 0 Å². The Kier molecular flexibility index (Phi) is 10.7. The van der Waals surface area contributed by atoms with Crippen molar-refractivity contribution in [3.8, 4) is 11.1 Å². The third-order valence-electron chi connectivity index (χ3n) is 8.62. The number of halogens is 3. The van der Waals surface area contributed by atoms with Gasteiger partial charge in [0.15, 0.2) is 0 Å². The second kappa shape index (κ2) is 14.9. The zero-order valence-electron chi connectivity index (χ0n) is 28.0. The number of ether oxygens (including phenoxy) is 2. The van der Waals surface area contributed by atoms with Gasteiger partial charge >= 0.3 is 18.1 Å². The van der Waals surface area contributed by atoms with E-state index in [4.69, 9.17) is 9.47 Å². The van der Waals surface area contributed by atoms with E-state index in [1.54, 1.807) is 37.4 Å². The quantitative estimate of drug-likeness (QED) is 0.142. The van der Waals surface area contributed by atoms with Gasteiger partial charge in [-0.3, -0.25) is 24.2 Å². The Morgan fingerprint density at radius 2 is 1.70 bits per heavy atom. The topological polar surface area (TPSA) is 115 Å². The highest BCUT2D eigenvalue weighted by Crippen LogP contribution is 2.35. The van der Waals surface area contributed by atoms with Crippen molar-refractivity contribution in [1.29, 1.82) is 0 Å². The Morgan fingerprint density at radius 1 is 0.960 bits per heavy atom. The number of aryl methyl sites for hydroxylation is 2. The van der Waals surface area contributed by atoms with E-state index in [0.29, 0.717) is 34.4 Å². The number of hydrogen-bond acceptors (Lipinski definition) is 7. The van der Waals surface area contributed by atoms with Crippen LogP contribution in [0.3, 0.4) is 0 Å². The predicted octanol–water partition coefficient (Wildman–Crippen LogP) is 6.91. The molecule has 0 radical (unpaired) electrons. The highest BCUT2D eigenvalue weighted by Gasteiger charge is 2.33. The van der Waals surface area contributed by atoms with Crippen LogP contribution in [0.5, 0.6) is 0 Å². The summed E-state index contributed by atoms with van der Waals surface area (Å²) in [4.78, 5) is 57.9. The number of nitrogens with zero attached hydrogens (tertiary/aromatic N) is 2. The van der Waals surface area contributed by atoms with E-state index >= 15 is 0 Å². The molecule has 50 heavy (non-hydrogen) atoms. The summed E-state index contributed by atoms with van der Waals surface area (Å²) in [6.07, 6.45) is -0.949. The van der Waals surface area contributed by atoms with Crippen LogP contribution in [0.4, 0.5) is 18.9 Å². The molecule has 1 N–H and O–H groups in total. The van der Waals surface area contributed by atoms with E-state index in [1.807, 2.05) is 13.0 Å². The van der Waals surface area contributed by atoms with Crippen molar-refractivity contribution in [3.63, 3.8) is 0 Å². The molecule has 1 aliphatic rings. The summed E-state index contributed by atoms with van der Waals surface area (Å²) in [6.45, 7) is 3.21. The number of esters is 2. The van der Waals surface area contributed by atoms with Crippen LogP contribution < -0.4 is 5.32 Å². The van der Waals surface area contributed by atoms with Gasteiger partial charge in [-0.05, 0) is 96.0 Å². The van der Waals surface area contributed by atoms with Crippen LogP contribution in [0.1, 0.15) is 73.5 Å². The lowest BCUT2D eigenvalue weighted by Gasteiger charge is -2.18. The Hall–Kier alpha value is -5.52. The van der Waals surface area contributed by atoms with Gasteiger partial charge in [0.1, 0.15) is 0 Å². The molecule has 1 unspecified atom stereocenters. The molecular formula is C38H36F3N3O6. The normalized spacial score (nSPS) is 13.7. The number of amides is 2. The van der Waals surface area contributed by atoms with Gasteiger partial charge in [0.2, 0.25) is 6.79 Å². The lowest BCUT2D eigenvalue weighted by Crippen LogP contribution is -2.25. The number of carbonyl (C=O) groups is 4. The number of benzene rings is 3. The second-order valence-electron chi connectivity index (χ2n) is 12.2. The molecule has 2 amide bonds. The summed E-state index contributed by atoms with van der Waals surface area (Å²) in [5.41, 5.74) is 4.49. The van der Waals surface area contributed by atoms with Gasteiger partial charge in [0.05, 0.1) is 34.8 Å². The van der Waals surface area contributed by atoms with Crippen molar-refractivity contribution in [2.75, 3.05) is 26.2 Å². The summed E-state index contributed by atoms with van der Waals surface area (Å²) in [5, 5.41) is 2.76. The number of alkyl halides is 3. The minimum absolute atomic E-state index is 0.0997. The number of carbonyl (C=O) groups excluding carboxylic acids is 4. The summed E-state index contributed by atoms with van der Waals surface area (Å²) in [5.74, 6) is -2.78. The van der Waals surface area contributed by atoms with Gasteiger partial charge in [-0.15, -0.1) is 0 Å². The van der Waals surface area contributed by atoms with Gasteiger partial charge in [-0.1, -0.05) is 37.3 Å². The number of nitrogens with one attached hydrogen (secondary N) is 1. The molecule has 1 atom stereocenters. The monoisotopic (exact) mass is 687 g/mol. The van der Waals surface area contributed by atoms with Crippen LogP contribution >= 0.6 is 0 Å². The van der Waals surface area contributed by atoms with Crippen LogP contribution in [0, 0.1) is 6.92 Å².